The largest absolute Gasteiger partial charge is 0.314 e. The van der Waals surface area contributed by atoms with Gasteiger partial charge >= 0.3 is 0 Å². The van der Waals surface area contributed by atoms with E-state index >= 15 is 0 Å². The molecule has 0 bridgehead atoms. The number of unbranched alkanes of at least 4 members (excludes halogenated alkanes) is 3. The Hall–Kier alpha value is -0.240. The molecular formula is C17H27Cl2N. The lowest BCUT2D eigenvalue weighted by molar-refractivity contribution is 0.453. The van der Waals surface area contributed by atoms with Crippen molar-refractivity contribution >= 4 is 23.2 Å². The van der Waals surface area contributed by atoms with Crippen molar-refractivity contribution in [3.63, 3.8) is 0 Å². The van der Waals surface area contributed by atoms with E-state index in [0.29, 0.717) is 16.1 Å². The zero-order valence-electron chi connectivity index (χ0n) is 12.7. The van der Waals surface area contributed by atoms with Crippen molar-refractivity contribution in [3.05, 3.63) is 33.8 Å². The summed E-state index contributed by atoms with van der Waals surface area (Å²) in [6.07, 6.45) is 8.71. The van der Waals surface area contributed by atoms with Crippen molar-refractivity contribution in [3.8, 4) is 0 Å². The minimum absolute atomic E-state index is 0.545. The molecule has 0 amide bonds. The van der Waals surface area contributed by atoms with E-state index in [1.807, 2.05) is 12.1 Å². The van der Waals surface area contributed by atoms with E-state index in [2.05, 4.69) is 25.2 Å². The first kappa shape index (κ1) is 17.8. The third kappa shape index (κ3) is 6.97. The highest BCUT2D eigenvalue weighted by atomic mass is 35.5. The average Bonchev–Trinajstić information content (AvgIpc) is 2.44. The van der Waals surface area contributed by atoms with Gasteiger partial charge in [-0.15, -0.1) is 0 Å². The fourth-order valence-corrected chi connectivity index (χ4v) is 2.71. The summed E-state index contributed by atoms with van der Waals surface area (Å²) < 4.78 is 0. The fraction of sp³-hybridized carbons (Fsp3) is 0.647. The summed E-state index contributed by atoms with van der Waals surface area (Å²) in [5.74, 6) is 0. The highest BCUT2D eigenvalue weighted by molar-refractivity contribution is 6.42. The monoisotopic (exact) mass is 315 g/mol. The molecule has 0 aliphatic rings. The maximum Gasteiger partial charge on any atom is 0.0595 e. The third-order valence-corrected chi connectivity index (χ3v) is 4.29. The van der Waals surface area contributed by atoms with Crippen molar-refractivity contribution in [2.45, 2.75) is 64.8 Å². The number of halogens is 2. The van der Waals surface area contributed by atoms with Gasteiger partial charge in [0.1, 0.15) is 0 Å². The molecule has 1 unspecified atom stereocenters. The van der Waals surface area contributed by atoms with Gasteiger partial charge < -0.3 is 5.32 Å². The van der Waals surface area contributed by atoms with Crippen molar-refractivity contribution in [1.29, 1.82) is 0 Å². The van der Waals surface area contributed by atoms with E-state index in [1.165, 1.54) is 44.1 Å². The first-order valence-corrected chi connectivity index (χ1v) is 8.60. The summed E-state index contributed by atoms with van der Waals surface area (Å²) in [5.41, 5.74) is 1.27. The smallest absolute Gasteiger partial charge is 0.0595 e. The van der Waals surface area contributed by atoms with Crippen LogP contribution in [0.3, 0.4) is 0 Å². The Morgan fingerprint density at radius 3 is 2.45 bits per heavy atom. The van der Waals surface area contributed by atoms with Crippen LogP contribution in [0.15, 0.2) is 18.2 Å². The van der Waals surface area contributed by atoms with Crippen LogP contribution >= 0.6 is 23.2 Å². The van der Waals surface area contributed by atoms with Crippen LogP contribution in [0.2, 0.25) is 10.0 Å². The first-order chi connectivity index (χ1) is 9.67. The van der Waals surface area contributed by atoms with Gasteiger partial charge in [0.15, 0.2) is 0 Å². The van der Waals surface area contributed by atoms with Crippen molar-refractivity contribution in [1.82, 2.24) is 5.32 Å². The molecule has 0 radical (unpaired) electrons. The van der Waals surface area contributed by atoms with Gasteiger partial charge in [-0.2, -0.15) is 0 Å². The average molecular weight is 316 g/mol. The van der Waals surface area contributed by atoms with Crippen LogP contribution in [-0.2, 0) is 6.42 Å². The predicted octanol–water partition coefficient (Wildman–Crippen LogP) is 5.87. The molecule has 0 aromatic heterocycles. The van der Waals surface area contributed by atoms with Gasteiger partial charge in [0.05, 0.1) is 10.0 Å². The minimum Gasteiger partial charge on any atom is -0.314 e. The van der Waals surface area contributed by atoms with Gasteiger partial charge in [0.2, 0.25) is 0 Å². The summed E-state index contributed by atoms with van der Waals surface area (Å²) in [7, 11) is 0. The number of hydrogen-bond acceptors (Lipinski definition) is 1. The molecule has 1 aromatic carbocycles. The molecule has 114 valence electrons. The van der Waals surface area contributed by atoms with Gasteiger partial charge in [-0.25, -0.2) is 0 Å². The Morgan fingerprint density at radius 1 is 1.00 bits per heavy atom. The minimum atomic E-state index is 0.545. The molecule has 3 heteroatoms. The van der Waals surface area contributed by atoms with Crippen LogP contribution in [0.5, 0.6) is 0 Å². The standard InChI is InChI=1S/C17H27Cl2N/c1-3-5-6-7-8-15(20-11-4-2)12-14-9-10-16(18)17(19)13-14/h9-10,13,15,20H,3-8,11-12H2,1-2H3. The van der Waals surface area contributed by atoms with Gasteiger partial charge in [-0.3, -0.25) is 0 Å². The first-order valence-electron chi connectivity index (χ1n) is 7.84. The maximum absolute atomic E-state index is 6.09. The van der Waals surface area contributed by atoms with Gasteiger partial charge in [-0.1, -0.05) is 68.8 Å². The van der Waals surface area contributed by atoms with E-state index in [9.17, 15) is 0 Å². The second kappa shape index (κ2) is 10.5. The van der Waals surface area contributed by atoms with Crippen molar-refractivity contribution in [2.24, 2.45) is 0 Å². The molecule has 0 aliphatic heterocycles. The molecule has 1 N–H and O–H groups in total. The SMILES string of the molecule is CCCCCCC(Cc1ccc(Cl)c(Cl)c1)NCCC. The van der Waals surface area contributed by atoms with Crippen LogP contribution in [0.25, 0.3) is 0 Å². The zero-order valence-corrected chi connectivity index (χ0v) is 14.2. The molecule has 20 heavy (non-hydrogen) atoms. The summed E-state index contributed by atoms with van der Waals surface area (Å²) >= 11 is 12.1. The number of nitrogens with one attached hydrogen (secondary N) is 1. The highest BCUT2D eigenvalue weighted by Crippen LogP contribution is 2.23. The van der Waals surface area contributed by atoms with Crippen LogP contribution in [0.4, 0.5) is 0 Å². The lowest BCUT2D eigenvalue weighted by atomic mass is 10.00. The molecule has 0 saturated heterocycles. The third-order valence-electron chi connectivity index (χ3n) is 3.56. The molecule has 0 aliphatic carbocycles. The second-order valence-corrected chi connectivity index (χ2v) is 6.27. The van der Waals surface area contributed by atoms with Gasteiger partial charge in [0.25, 0.3) is 0 Å². The molecule has 0 heterocycles. The lowest BCUT2D eigenvalue weighted by Crippen LogP contribution is -2.31. The second-order valence-electron chi connectivity index (χ2n) is 5.45. The van der Waals surface area contributed by atoms with E-state index in [1.54, 1.807) is 0 Å². The molecule has 1 atom stereocenters. The Kier molecular flexibility index (Phi) is 9.33. The molecule has 1 nitrogen and oxygen atoms in total. The Labute approximate surface area is 134 Å². The van der Waals surface area contributed by atoms with Crippen LogP contribution in [0, 0.1) is 0 Å². The predicted molar refractivity (Wildman–Crippen MR) is 91.0 cm³/mol. The van der Waals surface area contributed by atoms with E-state index in [-0.39, 0.29) is 0 Å². The quantitative estimate of drug-likeness (QED) is 0.532. The number of hydrogen-bond donors (Lipinski definition) is 1. The van der Waals surface area contributed by atoms with Gasteiger partial charge in [0, 0.05) is 6.04 Å². The summed E-state index contributed by atoms with van der Waals surface area (Å²) in [4.78, 5) is 0. The summed E-state index contributed by atoms with van der Waals surface area (Å²) in [6.45, 7) is 5.54. The Balaban J connectivity index is 2.51. The highest BCUT2D eigenvalue weighted by Gasteiger charge is 2.09. The molecule has 0 spiro atoms. The number of benzene rings is 1. The molecule has 1 rings (SSSR count). The van der Waals surface area contributed by atoms with Crippen molar-refractivity contribution in [2.75, 3.05) is 6.54 Å². The molecule has 0 saturated carbocycles. The zero-order chi connectivity index (χ0) is 14.8. The Morgan fingerprint density at radius 2 is 1.80 bits per heavy atom. The lowest BCUT2D eigenvalue weighted by Gasteiger charge is -2.19. The molecule has 1 aromatic rings. The summed E-state index contributed by atoms with van der Waals surface area (Å²) in [6, 6.07) is 6.52. The normalized spacial score (nSPS) is 12.6. The van der Waals surface area contributed by atoms with Crippen molar-refractivity contribution < 1.29 is 0 Å². The van der Waals surface area contributed by atoms with E-state index in [4.69, 9.17) is 23.2 Å². The van der Waals surface area contributed by atoms with Crippen LogP contribution < -0.4 is 5.32 Å². The summed E-state index contributed by atoms with van der Waals surface area (Å²) in [5, 5.41) is 4.95. The number of rotatable bonds is 10. The Bertz CT molecular complexity index is 379. The van der Waals surface area contributed by atoms with E-state index < -0.39 is 0 Å². The molecular weight excluding hydrogens is 289 g/mol. The maximum atomic E-state index is 6.09. The van der Waals surface area contributed by atoms with Crippen LogP contribution in [-0.4, -0.2) is 12.6 Å². The van der Waals surface area contributed by atoms with Gasteiger partial charge in [-0.05, 0) is 43.5 Å². The van der Waals surface area contributed by atoms with Crippen LogP contribution in [0.1, 0.15) is 57.9 Å². The molecule has 0 fully saturated rings. The fourth-order valence-electron chi connectivity index (χ4n) is 2.39. The van der Waals surface area contributed by atoms with E-state index in [0.717, 1.165) is 13.0 Å². The topological polar surface area (TPSA) is 12.0 Å².